The molecule has 2 heteroatoms. The zero-order valence-electron chi connectivity index (χ0n) is 7.09. The lowest BCUT2D eigenvalue weighted by Gasteiger charge is -1.94. The summed E-state index contributed by atoms with van der Waals surface area (Å²) in [7, 11) is 0. The van der Waals surface area contributed by atoms with Crippen molar-refractivity contribution in [3.63, 3.8) is 0 Å². The molecule has 1 aliphatic rings. The van der Waals surface area contributed by atoms with E-state index in [-0.39, 0.29) is 11.9 Å². The summed E-state index contributed by atoms with van der Waals surface area (Å²) in [6, 6.07) is 0. The highest BCUT2D eigenvalue weighted by Gasteiger charge is 2.28. The van der Waals surface area contributed by atoms with Gasteiger partial charge in [-0.05, 0) is 18.9 Å². The number of carbonyl (C=O) groups excluding carboxylic acids is 1. The van der Waals surface area contributed by atoms with Crippen molar-refractivity contribution in [3.8, 4) is 0 Å². The quantitative estimate of drug-likeness (QED) is 0.570. The van der Waals surface area contributed by atoms with Crippen LogP contribution in [0.1, 0.15) is 33.1 Å². The highest BCUT2D eigenvalue weighted by atomic mass is 16.5. The van der Waals surface area contributed by atoms with Crippen LogP contribution in [-0.2, 0) is 9.53 Å². The predicted octanol–water partition coefficient (Wildman–Crippen LogP) is 2.25. The van der Waals surface area contributed by atoms with Crippen LogP contribution in [0.3, 0.4) is 0 Å². The van der Waals surface area contributed by atoms with Crippen LogP contribution in [0.15, 0.2) is 11.8 Å². The summed E-state index contributed by atoms with van der Waals surface area (Å²) >= 11 is 0. The second kappa shape index (κ2) is 3.56. The highest BCUT2D eigenvalue weighted by Crippen LogP contribution is 2.26. The van der Waals surface area contributed by atoms with Crippen molar-refractivity contribution in [3.05, 3.63) is 11.8 Å². The van der Waals surface area contributed by atoms with Crippen molar-refractivity contribution in [1.82, 2.24) is 0 Å². The van der Waals surface area contributed by atoms with Gasteiger partial charge in [-0.15, -0.1) is 0 Å². The van der Waals surface area contributed by atoms with Crippen LogP contribution in [0.25, 0.3) is 0 Å². The summed E-state index contributed by atoms with van der Waals surface area (Å²) in [5.74, 6) is 0.935. The molecule has 62 valence electrons. The Bertz CT molecular complexity index is 182. The highest BCUT2D eigenvalue weighted by molar-refractivity contribution is 5.76. The van der Waals surface area contributed by atoms with E-state index < -0.39 is 0 Å². The Hall–Kier alpha value is -0.790. The normalized spacial score (nSPS) is 27.6. The van der Waals surface area contributed by atoms with E-state index >= 15 is 0 Å². The van der Waals surface area contributed by atoms with Crippen LogP contribution in [0.4, 0.5) is 0 Å². The number of cyclic esters (lactones) is 1. The molecule has 0 aromatic rings. The fraction of sp³-hybridized carbons (Fsp3) is 0.667. The first-order valence-corrected chi connectivity index (χ1v) is 4.18. The van der Waals surface area contributed by atoms with E-state index in [1.54, 1.807) is 0 Å². The van der Waals surface area contributed by atoms with Gasteiger partial charge in [-0.1, -0.05) is 13.8 Å². The minimum Gasteiger partial charge on any atom is -0.431 e. The Morgan fingerprint density at radius 3 is 2.82 bits per heavy atom. The second-order valence-electron chi connectivity index (χ2n) is 2.81. The molecule has 0 aromatic carbocycles. The Morgan fingerprint density at radius 1 is 1.64 bits per heavy atom. The van der Waals surface area contributed by atoms with Gasteiger partial charge in [0, 0.05) is 6.42 Å². The number of ether oxygens (including phenoxy) is 1. The smallest absolute Gasteiger partial charge is 0.314 e. The van der Waals surface area contributed by atoms with E-state index in [1.807, 2.05) is 19.9 Å². The molecular formula is C9H14O2. The summed E-state index contributed by atoms with van der Waals surface area (Å²) in [6.45, 7) is 4.06. The Morgan fingerprint density at radius 2 is 2.36 bits per heavy atom. The monoisotopic (exact) mass is 154 g/mol. The molecule has 1 unspecified atom stereocenters. The second-order valence-corrected chi connectivity index (χ2v) is 2.81. The molecule has 1 atom stereocenters. The van der Waals surface area contributed by atoms with E-state index in [4.69, 9.17) is 4.74 Å². The van der Waals surface area contributed by atoms with Gasteiger partial charge in [0.1, 0.15) is 5.76 Å². The van der Waals surface area contributed by atoms with Crippen LogP contribution < -0.4 is 0 Å². The molecule has 0 N–H and O–H groups in total. The molecule has 11 heavy (non-hydrogen) atoms. The largest absolute Gasteiger partial charge is 0.431 e. The predicted molar refractivity (Wildman–Crippen MR) is 42.9 cm³/mol. The zero-order chi connectivity index (χ0) is 8.27. The molecule has 2 nitrogen and oxygen atoms in total. The first-order chi connectivity index (χ1) is 5.27. The first kappa shape index (κ1) is 8.31. The Kier molecular flexibility index (Phi) is 2.69. The maximum atomic E-state index is 11.0. The molecule has 0 amide bonds. The van der Waals surface area contributed by atoms with Crippen LogP contribution in [-0.4, -0.2) is 5.97 Å². The van der Waals surface area contributed by atoms with Gasteiger partial charge in [0.15, 0.2) is 0 Å². The first-order valence-electron chi connectivity index (χ1n) is 4.18. The van der Waals surface area contributed by atoms with Crippen molar-refractivity contribution in [2.75, 3.05) is 0 Å². The number of hydrogen-bond acceptors (Lipinski definition) is 2. The van der Waals surface area contributed by atoms with Crippen molar-refractivity contribution < 1.29 is 9.53 Å². The third-order valence-electron chi connectivity index (χ3n) is 1.94. The summed E-state index contributed by atoms with van der Waals surface area (Å²) in [6.07, 6.45) is 4.62. The lowest BCUT2D eigenvalue weighted by Crippen LogP contribution is -2.04. The Labute approximate surface area is 67.2 Å². The van der Waals surface area contributed by atoms with Gasteiger partial charge >= 0.3 is 5.97 Å². The Balaban J connectivity index is 2.56. The van der Waals surface area contributed by atoms with Crippen LogP contribution in [0.5, 0.6) is 0 Å². The lowest BCUT2D eigenvalue weighted by molar-refractivity contribution is -0.139. The zero-order valence-corrected chi connectivity index (χ0v) is 7.09. The molecule has 0 spiro atoms. The van der Waals surface area contributed by atoms with E-state index in [9.17, 15) is 4.79 Å². The maximum absolute atomic E-state index is 11.0. The number of carbonyl (C=O) groups is 1. The SMILES string of the molecule is CC/C=C1\CC(CC)C(=O)O1. The topological polar surface area (TPSA) is 26.3 Å². The van der Waals surface area contributed by atoms with Gasteiger partial charge in [0.05, 0.1) is 5.92 Å². The molecule has 1 aliphatic heterocycles. The van der Waals surface area contributed by atoms with Gasteiger partial charge in [-0.3, -0.25) is 4.79 Å². The van der Waals surface area contributed by atoms with E-state index in [1.165, 1.54) is 0 Å². The third-order valence-corrected chi connectivity index (χ3v) is 1.94. The maximum Gasteiger partial charge on any atom is 0.314 e. The summed E-state index contributed by atoms with van der Waals surface area (Å²) < 4.78 is 5.03. The molecule has 1 saturated heterocycles. The third kappa shape index (κ3) is 1.82. The fourth-order valence-corrected chi connectivity index (χ4v) is 1.24. The number of allylic oxidation sites excluding steroid dienone is 2. The molecule has 0 aliphatic carbocycles. The van der Waals surface area contributed by atoms with Crippen molar-refractivity contribution in [1.29, 1.82) is 0 Å². The average Bonchev–Trinajstić information content (AvgIpc) is 2.32. The van der Waals surface area contributed by atoms with Gasteiger partial charge in [-0.2, -0.15) is 0 Å². The number of rotatable bonds is 2. The van der Waals surface area contributed by atoms with Crippen molar-refractivity contribution in [2.45, 2.75) is 33.1 Å². The lowest BCUT2D eigenvalue weighted by atomic mass is 10.0. The van der Waals surface area contributed by atoms with Crippen LogP contribution in [0.2, 0.25) is 0 Å². The van der Waals surface area contributed by atoms with E-state index in [0.29, 0.717) is 0 Å². The van der Waals surface area contributed by atoms with E-state index in [2.05, 4.69) is 0 Å². The molecule has 0 radical (unpaired) electrons. The standard InChI is InChI=1S/C9H14O2/c1-3-5-8-6-7(4-2)9(10)11-8/h5,7H,3-4,6H2,1-2H3/b8-5+. The summed E-state index contributed by atoms with van der Waals surface area (Å²) in [4.78, 5) is 11.0. The summed E-state index contributed by atoms with van der Waals surface area (Å²) in [5.41, 5.74) is 0. The molecular weight excluding hydrogens is 140 g/mol. The van der Waals surface area contributed by atoms with Crippen molar-refractivity contribution >= 4 is 5.97 Å². The van der Waals surface area contributed by atoms with Crippen LogP contribution in [0, 0.1) is 5.92 Å². The average molecular weight is 154 g/mol. The van der Waals surface area contributed by atoms with Gasteiger partial charge in [-0.25, -0.2) is 0 Å². The molecule has 0 saturated carbocycles. The summed E-state index contributed by atoms with van der Waals surface area (Å²) in [5, 5.41) is 0. The molecule has 0 aromatic heterocycles. The molecule has 1 heterocycles. The molecule has 1 rings (SSSR count). The number of esters is 1. The minimum atomic E-state index is -0.0489. The number of hydrogen-bond donors (Lipinski definition) is 0. The molecule has 1 fully saturated rings. The van der Waals surface area contributed by atoms with Gasteiger partial charge < -0.3 is 4.74 Å². The van der Waals surface area contributed by atoms with Gasteiger partial charge in [0.2, 0.25) is 0 Å². The minimum absolute atomic E-state index is 0.0489. The van der Waals surface area contributed by atoms with Crippen molar-refractivity contribution in [2.24, 2.45) is 5.92 Å². The molecule has 0 bridgehead atoms. The van der Waals surface area contributed by atoms with Crippen LogP contribution >= 0.6 is 0 Å². The van der Waals surface area contributed by atoms with E-state index in [0.717, 1.165) is 25.0 Å². The van der Waals surface area contributed by atoms with Gasteiger partial charge in [0.25, 0.3) is 0 Å². The fourth-order valence-electron chi connectivity index (χ4n) is 1.24.